The monoisotopic (exact) mass is 517 g/mol. The number of aryl methyl sites for hydroxylation is 2. The number of nitrogens with zero attached hydrogens (tertiary/aromatic N) is 3. The van der Waals surface area contributed by atoms with Crippen LogP contribution in [0.5, 0.6) is 5.75 Å². The summed E-state index contributed by atoms with van der Waals surface area (Å²) < 4.78 is 10.9. The number of hydrogen-bond acceptors (Lipinski definition) is 7. The Labute approximate surface area is 223 Å². The third-order valence-corrected chi connectivity index (χ3v) is 6.60. The Morgan fingerprint density at radius 2 is 1.74 bits per heavy atom. The molecular weight excluding hydrogens is 482 g/mol. The Morgan fingerprint density at radius 1 is 0.974 bits per heavy atom. The number of aromatic nitrogens is 1. The highest BCUT2D eigenvalue weighted by Crippen LogP contribution is 2.25. The Balaban J connectivity index is 1.41. The van der Waals surface area contributed by atoms with E-state index in [1.54, 1.807) is 24.4 Å². The summed E-state index contributed by atoms with van der Waals surface area (Å²) in [6, 6.07) is 13.0. The quantitative estimate of drug-likeness (QED) is 0.422. The molecule has 0 aliphatic carbocycles. The number of carbonyl (C=O) groups excluding carboxylic acids is 2. The third kappa shape index (κ3) is 6.60. The highest BCUT2D eigenvalue weighted by molar-refractivity contribution is 6.06. The van der Waals surface area contributed by atoms with Gasteiger partial charge in [0.2, 0.25) is 0 Å². The van der Waals surface area contributed by atoms with Crippen LogP contribution < -0.4 is 25.2 Å². The van der Waals surface area contributed by atoms with E-state index in [-0.39, 0.29) is 5.91 Å². The maximum Gasteiger partial charge on any atom is 0.417 e. The molecule has 1 aliphatic heterocycles. The van der Waals surface area contributed by atoms with Crippen molar-refractivity contribution in [2.75, 3.05) is 59.8 Å². The van der Waals surface area contributed by atoms with Gasteiger partial charge in [0.15, 0.2) is 5.75 Å². The second-order valence-corrected chi connectivity index (χ2v) is 9.15. The van der Waals surface area contributed by atoms with E-state index in [9.17, 15) is 9.59 Å². The van der Waals surface area contributed by atoms with Gasteiger partial charge in [0, 0.05) is 54.9 Å². The van der Waals surface area contributed by atoms with E-state index in [0.717, 1.165) is 48.7 Å². The molecular formula is C29H35N5O4. The first-order chi connectivity index (χ1) is 18.4. The van der Waals surface area contributed by atoms with E-state index in [2.05, 4.69) is 39.3 Å². The zero-order valence-electron chi connectivity index (χ0n) is 22.4. The molecule has 0 radical (unpaired) electrons. The number of ether oxygens (including phenoxy) is 2. The SMILES string of the molecule is CCN(CC)c1ccc(C(=O)Nc2cc(NC(=O)Oc3cncc(N4CCOCC4)c3)ccc2C)c(C)c1. The lowest BCUT2D eigenvalue weighted by atomic mass is 10.1. The fraction of sp³-hybridized carbons (Fsp3) is 0.345. The summed E-state index contributed by atoms with van der Waals surface area (Å²) in [7, 11) is 0. The van der Waals surface area contributed by atoms with Crippen molar-refractivity contribution >= 4 is 34.7 Å². The van der Waals surface area contributed by atoms with Gasteiger partial charge < -0.3 is 24.6 Å². The summed E-state index contributed by atoms with van der Waals surface area (Å²) in [6.07, 6.45) is 2.59. The lowest BCUT2D eigenvalue weighted by Crippen LogP contribution is -2.36. The predicted octanol–water partition coefficient (Wildman–Crippen LogP) is 5.24. The zero-order valence-corrected chi connectivity index (χ0v) is 22.4. The number of rotatable bonds is 8. The maximum absolute atomic E-state index is 13.1. The standard InChI is InChI=1S/C29H35N5O4/c1-5-33(6-2)23-9-10-26(21(4)15-23)28(35)32-27-16-22(8-7-20(27)3)31-29(36)38-25-17-24(18-30-19-25)34-11-13-37-14-12-34/h7-10,15-19H,5-6,11-14H2,1-4H3,(H,31,36)(H,32,35). The first-order valence-corrected chi connectivity index (χ1v) is 12.9. The van der Waals surface area contributed by atoms with Crippen molar-refractivity contribution in [2.24, 2.45) is 0 Å². The Bertz CT molecular complexity index is 1290. The number of morpholine rings is 1. The third-order valence-electron chi connectivity index (χ3n) is 6.60. The van der Waals surface area contributed by atoms with E-state index in [1.165, 1.54) is 6.20 Å². The second-order valence-electron chi connectivity index (χ2n) is 9.15. The lowest BCUT2D eigenvalue weighted by Gasteiger charge is -2.28. The predicted molar refractivity (Wildman–Crippen MR) is 151 cm³/mol. The highest BCUT2D eigenvalue weighted by atomic mass is 16.6. The lowest BCUT2D eigenvalue weighted by molar-refractivity contribution is 0.102. The minimum atomic E-state index is -0.644. The number of carbonyl (C=O) groups is 2. The Kier molecular flexibility index (Phi) is 8.81. The normalized spacial score (nSPS) is 13.1. The Morgan fingerprint density at radius 3 is 2.45 bits per heavy atom. The topological polar surface area (TPSA) is 96.0 Å². The van der Waals surface area contributed by atoms with Crippen LogP contribution in [0.25, 0.3) is 0 Å². The van der Waals surface area contributed by atoms with Crippen molar-refractivity contribution < 1.29 is 19.1 Å². The van der Waals surface area contributed by atoms with Crippen LogP contribution in [0.2, 0.25) is 0 Å². The van der Waals surface area contributed by atoms with Crippen LogP contribution >= 0.6 is 0 Å². The number of pyridine rings is 1. The molecule has 9 heteroatoms. The van der Waals surface area contributed by atoms with Gasteiger partial charge in [0.05, 0.1) is 31.3 Å². The Hall–Kier alpha value is -4.11. The van der Waals surface area contributed by atoms with Gasteiger partial charge in [-0.1, -0.05) is 6.07 Å². The van der Waals surface area contributed by atoms with Gasteiger partial charge in [-0.15, -0.1) is 0 Å². The van der Waals surface area contributed by atoms with Gasteiger partial charge in [0.1, 0.15) is 0 Å². The molecule has 9 nitrogen and oxygen atoms in total. The first kappa shape index (κ1) is 26.9. The minimum Gasteiger partial charge on any atom is -0.408 e. The van der Waals surface area contributed by atoms with E-state index >= 15 is 0 Å². The average Bonchev–Trinajstić information content (AvgIpc) is 2.92. The molecule has 0 spiro atoms. The number of amides is 2. The van der Waals surface area contributed by atoms with E-state index in [4.69, 9.17) is 9.47 Å². The molecule has 0 saturated carbocycles. The molecule has 2 N–H and O–H groups in total. The van der Waals surface area contributed by atoms with Crippen molar-refractivity contribution in [3.05, 3.63) is 71.5 Å². The molecule has 0 bridgehead atoms. The van der Waals surface area contributed by atoms with Crippen LogP contribution in [0.1, 0.15) is 35.3 Å². The number of nitrogens with one attached hydrogen (secondary N) is 2. The fourth-order valence-corrected chi connectivity index (χ4v) is 4.42. The van der Waals surface area contributed by atoms with Gasteiger partial charge in [-0.05, 0) is 69.2 Å². The molecule has 38 heavy (non-hydrogen) atoms. The average molecular weight is 518 g/mol. The molecule has 200 valence electrons. The minimum absolute atomic E-state index is 0.206. The van der Waals surface area contributed by atoms with Crippen LogP contribution in [0.15, 0.2) is 54.9 Å². The van der Waals surface area contributed by atoms with E-state index in [1.807, 2.05) is 38.1 Å². The van der Waals surface area contributed by atoms with Crippen molar-refractivity contribution in [3.8, 4) is 5.75 Å². The van der Waals surface area contributed by atoms with Gasteiger partial charge in [-0.3, -0.25) is 15.1 Å². The van der Waals surface area contributed by atoms with E-state index in [0.29, 0.717) is 35.9 Å². The van der Waals surface area contributed by atoms with Crippen LogP contribution in [0.4, 0.5) is 27.5 Å². The van der Waals surface area contributed by atoms with Crippen molar-refractivity contribution in [2.45, 2.75) is 27.7 Å². The van der Waals surface area contributed by atoms with Gasteiger partial charge in [0.25, 0.3) is 5.91 Å². The smallest absolute Gasteiger partial charge is 0.408 e. The largest absolute Gasteiger partial charge is 0.417 e. The maximum atomic E-state index is 13.1. The molecule has 1 fully saturated rings. The summed E-state index contributed by atoms with van der Waals surface area (Å²) in [5, 5.41) is 5.72. The number of hydrogen-bond donors (Lipinski definition) is 2. The molecule has 1 aromatic heterocycles. The molecule has 4 rings (SSSR count). The fourth-order valence-electron chi connectivity index (χ4n) is 4.42. The molecule has 2 aromatic carbocycles. The summed E-state index contributed by atoms with van der Waals surface area (Å²) in [5.74, 6) is 0.137. The molecule has 2 amide bonds. The van der Waals surface area contributed by atoms with Crippen molar-refractivity contribution in [3.63, 3.8) is 0 Å². The molecule has 1 aliphatic rings. The van der Waals surface area contributed by atoms with Crippen LogP contribution in [-0.4, -0.2) is 56.4 Å². The van der Waals surface area contributed by atoms with E-state index < -0.39 is 6.09 Å². The summed E-state index contributed by atoms with van der Waals surface area (Å²) in [6.45, 7) is 12.7. The zero-order chi connectivity index (χ0) is 27.1. The summed E-state index contributed by atoms with van der Waals surface area (Å²) >= 11 is 0. The number of benzene rings is 2. The van der Waals surface area contributed by atoms with Gasteiger partial charge >= 0.3 is 6.09 Å². The summed E-state index contributed by atoms with van der Waals surface area (Å²) in [5.41, 5.74) is 5.45. The molecule has 0 unspecified atom stereocenters. The molecule has 1 saturated heterocycles. The second kappa shape index (κ2) is 12.4. The van der Waals surface area contributed by atoms with Gasteiger partial charge in [-0.25, -0.2) is 4.79 Å². The summed E-state index contributed by atoms with van der Waals surface area (Å²) in [4.78, 5) is 34.3. The first-order valence-electron chi connectivity index (χ1n) is 12.9. The van der Waals surface area contributed by atoms with Crippen LogP contribution in [-0.2, 0) is 4.74 Å². The molecule has 0 atom stereocenters. The molecule has 2 heterocycles. The van der Waals surface area contributed by atoms with Crippen molar-refractivity contribution in [1.29, 1.82) is 0 Å². The highest BCUT2D eigenvalue weighted by Gasteiger charge is 2.15. The van der Waals surface area contributed by atoms with Crippen molar-refractivity contribution in [1.82, 2.24) is 4.98 Å². The van der Waals surface area contributed by atoms with Gasteiger partial charge in [-0.2, -0.15) is 0 Å². The number of anilines is 4. The van der Waals surface area contributed by atoms with Crippen LogP contribution in [0, 0.1) is 13.8 Å². The molecule has 3 aromatic rings. The van der Waals surface area contributed by atoms with Crippen LogP contribution in [0.3, 0.4) is 0 Å².